The van der Waals surface area contributed by atoms with Crippen molar-refractivity contribution in [2.75, 3.05) is 13.2 Å². The Labute approximate surface area is 164 Å². The highest BCUT2D eigenvalue weighted by Gasteiger charge is 2.16. The Kier molecular flexibility index (Phi) is 6.62. The number of nitrogens with one attached hydrogen (secondary N) is 1. The van der Waals surface area contributed by atoms with Crippen LogP contribution in [0.1, 0.15) is 42.9 Å². The van der Waals surface area contributed by atoms with Crippen molar-refractivity contribution in [3.05, 3.63) is 34.4 Å². The zero-order valence-corrected chi connectivity index (χ0v) is 16.2. The van der Waals surface area contributed by atoms with E-state index in [4.69, 9.17) is 21.1 Å². The molecule has 1 aromatic heterocycles. The number of hydrogen-bond donors (Lipinski definition) is 1. The standard InChI is InChI=1S/C18H23ClN4O2.ClH/c19-14-9-13(10-15-18(14)25-8-4-7-24-15)11-20-12-17-22-21-16-5-2-1-3-6-23(16)17;/h9-10,20H,1-8,11-12H2;1H. The molecule has 0 aliphatic carbocycles. The van der Waals surface area contributed by atoms with Crippen molar-refractivity contribution < 1.29 is 9.47 Å². The SMILES string of the molecule is Cl.Clc1cc(CNCc2nnc3n2CCCCC3)cc2c1OCCCO2. The topological polar surface area (TPSA) is 61.2 Å². The maximum atomic E-state index is 6.35. The second-order valence-electron chi connectivity index (χ2n) is 6.55. The van der Waals surface area contributed by atoms with Crippen LogP contribution in [0.5, 0.6) is 11.5 Å². The van der Waals surface area contributed by atoms with Gasteiger partial charge < -0.3 is 19.4 Å². The summed E-state index contributed by atoms with van der Waals surface area (Å²) in [6, 6.07) is 3.94. The van der Waals surface area contributed by atoms with E-state index in [1.54, 1.807) is 0 Å². The summed E-state index contributed by atoms with van der Waals surface area (Å²) in [5.74, 6) is 3.52. The van der Waals surface area contributed by atoms with Crippen molar-refractivity contribution in [1.82, 2.24) is 20.1 Å². The fraction of sp³-hybridized carbons (Fsp3) is 0.556. The van der Waals surface area contributed by atoms with Crippen LogP contribution in [-0.4, -0.2) is 28.0 Å². The Hall–Kier alpha value is -1.50. The van der Waals surface area contributed by atoms with Crippen LogP contribution in [0.25, 0.3) is 0 Å². The predicted molar refractivity (Wildman–Crippen MR) is 102 cm³/mol. The third kappa shape index (κ3) is 4.24. The van der Waals surface area contributed by atoms with Crippen molar-refractivity contribution in [3.8, 4) is 11.5 Å². The quantitative estimate of drug-likeness (QED) is 0.853. The second kappa shape index (κ2) is 8.93. The van der Waals surface area contributed by atoms with Crippen LogP contribution in [-0.2, 0) is 26.1 Å². The van der Waals surface area contributed by atoms with Gasteiger partial charge in [0.1, 0.15) is 11.6 Å². The molecule has 4 rings (SSSR count). The van der Waals surface area contributed by atoms with Crippen LogP contribution in [0, 0.1) is 0 Å². The molecule has 0 atom stereocenters. The minimum absolute atomic E-state index is 0. The zero-order chi connectivity index (χ0) is 17.1. The highest BCUT2D eigenvalue weighted by atomic mass is 35.5. The molecule has 8 heteroatoms. The van der Waals surface area contributed by atoms with Crippen LogP contribution in [0.2, 0.25) is 5.02 Å². The number of rotatable bonds is 4. The molecular formula is C18H24Cl2N4O2. The fourth-order valence-electron chi connectivity index (χ4n) is 3.38. The summed E-state index contributed by atoms with van der Waals surface area (Å²) in [6.07, 6.45) is 5.59. The number of nitrogens with zero attached hydrogens (tertiary/aromatic N) is 3. The van der Waals surface area contributed by atoms with Gasteiger partial charge in [0.25, 0.3) is 0 Å². The van der Waals surface area contributed by atoms with Crippen LogP contribution < -0.4 is 14.8 Å². The van der Waals surface area contributed by atoms with Crippen LogP contribution >= 0.6 is 24.0 Å². The van der Waals surface area contributed by atoms with E-state index in [9.17, 15) is 0 Å². The number of halogens is 2. The molecule has 6 nitrogen and oxygen atoms in total. The third-order valence-corrected chi connectivity index (χ3v) is 4.94. The molecule has 1 aromatic carbocycles. The molecule has 142 valence electrons. The van der Waals surface area contributed by atoms with Gasteiger partial charge in [0.2, 0.25) is 0 Å². The summed E-state index contributed by atoms with van der Waals surface area (Å²) in [4.78, 5) is 0. The molecule has 0 saturated carbocycles. The number of aromatic nitrogens is 3. The number of aryl methyl sites for hydroxylation is 1. The molecule has 1 N–H and O–H groups in total. The van der Waals surface area contributed by atoms with E-state index in [1.807, 2.05) is 12.1 Å². The Morgan fingerprint density at radius 3 is 2.85 bits per heavy atom. The Balaban J connectivity index is 0.00000196. The molecular weight excluding hydrogens is 375 g/mol. The van der Waals surface area contributed by atoms with Crippen molar-refractivity contribution >= 4 is 24.0 Å². The highest BCUT2D eigenvalue weighted by Crippen LogP contribution is 2.37. The first-order chi connectivity index (χ1) is 12.3. The molecule has 2 aromatic rings. The van der Waals surface area contributed by atoms with Crippen molar-refractivity contribution in [3.63, 3.8) is 0 Å². The molecule has 0 amide bonds. The minimum Gasteiger partial charge on any atom is -0.489 e. The zero-order valence-electron chi connectivity index (χ0n) is 14.7. The van der Waals surface area contributed by atoms with E-state index in [0.717, 1.165) is 42.3 Å². The molecule has 2 aliphatic rings. The van der Waals surface area contributed by atoms with E-state index in [-0.39, 0.29) is 12.4 Å². The first-order valence-corrected chi connectivity index (χ1v) is 9.39. The van der Waals surface area contributed by atoms with Crippen LogP contribution in [0.4, 0.5) is 0 Å². The van der Waals surface area contributed by atoms with Gasteiger partial charge in [-0.05, 0) is 30.5 Å². The average molecular weight is 399 g/mol. The van der Waals surface area contributed by atoms with E-state index in [1.165, 1.54) is 19.3 Å². The van der Waals surface area contributed by atoms with Crippen molar-refractivity contribution in [2.45, 2.75) is 51.7 Å². The molecule has 26 heavy (non-hydrogen) atoms. The lowest BCUT2D eigenvalue weighted by Crippen LogP contribution is -2.17. The summed E-state index contributed by atoms with van der Waals surface area (Å²) < 4.78 is 13.7. The smallest absolute Gasteiger partial charge is 0.179 e. The van der Waals surface area contributed by atoms with Gasteiger partial charge in [0.15, 0.2) is 11.5 Å². The maximum absolute atomic E-state index is 6.35. The summed E-state index contributed by atoms with van der Waals surface area (Å²) in [6.45, 7) is 3.71. The van der Waals surface area contributed by atoms with E-state index in [0.29, 0.717) is 37.1 Å². The van der Waals surface area contributed by atoms with Gasteiger partial charge in [-0.1, -0.05) is 18.0 Å². The van der Waals surface area contributed by atoms with E-state index in [2.05, 4.69) is 20.1 Å². The monoisotopic (exact) mass is 398 g/mol. The second-order valence-corrected chi connectivity index (χ2v) is 6.96. The maximum Gasteiger partial charge on any atom is 0.179 e. The van der Waals surface area contributed by atoms with Crippen LogP contribution in [0.3, 0.4) is 0 Å². The summed E-state index contributed by atoms with van der Waals surface area (Å²) >= 11 is 6.35. The number of ether oxygens (including phenoxy) is 2. The van der Waals surface area contributed by atoms with Gasteiger partial charge in [-0.15, -0.1) is 22.6 Å². The average Bonchev–Trinajstić information content (AvgIpc) is 2.81. The van der Waals surface area contributed by atoms with Gasteiger partial charge in [-0.2, -0.15) is 0 Å². The molecule has 0 saturated heterocycles. The minimum atomic E-state index is 0. The van der Waals surface area contributed by atoms with Gasteiger partial charge >= 0.3 is 0 Å². The molecule has 2 aliphatic heterocycles. The lowest BCUT2D eigenvalue weighted by Gasteiger charge is -2.12. The van der Waals surface area contributed by atoms with Gasteiger partial charge in [0, 0.05) is 25.9 Å². The summed E-state index contributed by atoms with van der Waals surface area (Å²) in [5.41, 5.74) is 1.07. The predicted octanol–water partition coefficient (Wildman–Crippen LogP) is 3.53. The molecule has 3 heterocycles. The number of fused-ring (bicyclic) bond motifs is 2. The van der Waals surface area contributed by atoms with Gasteiger partial charge in [-0.25, -0.2) is 0 Å². The third-order valence-electron chi connectivity index (χ3n) is 4.66. The first kappa shape index (κ1) is 19.3. The highest BCUT2D eigenvalue weighted by molar-refractivity contribution is 6.32. The largest absolute Gasteiger partial charge is 0.489 e. The number of benzene rings is 1. The van der Waals surface area contributed by atoms with E-state index >= 15 is 0 Å². The Bertz CT molecular complexity index is 751. The Morgan fingerprint density at radius 2 is 1.92 bits per heavy atom. The Morgan fingerprint density at radius 1 is 1.04 bits per heavy atom. The van der Waals surface area contributed by atoms with Crippen LogP contribution in [0.15, 0.2) is 12.1 Å². The lowest BCUT2D eigenvalue weighted by molar-refractivity contribution is 0.297. The van der Waals surface area contributed by atoms with Gasteiger partial charge in [-0.3, -0.25) is 0 Å². The van der Waals surface area contributed by atoms with E-state index < -0.39 is 0 Å². The molecule has 0 fully saturated rings. The molecule has 0 unspecified atom stereocenters. The van der Waals surface area contributed by atoms with Crippen molar-refractivity contribution in [1.29, 1.82) is 0 Å². The molecule has 0 radical (unpaired) electrons. The summed E-state index contributed by atoms with van der Waals surface area (Å²) in [5, 5.41) is 12.7. The van der Waals surface area contributed by atoms with Gasteiger partial charge in [0.05, 0.1) is 24.8 Å². The molecule has 0 spiro atoms. The summed E-state index contributed by atoms with van der Waals surface area (Å²) in [7, 11) is 0. The fourth-order valence-corrected chi connectivity index (χ4v) is 3.67. The normalized spacial score (nSPS) is 16.2. The van der Waals surface area contributed by atoms with Crippen molar-refractivity contribution in [2.24, 2.45) is 0 Å². The number of hydrogen-bond acceptors (Lipinski definition) is 5. The first-order valence-electron chi connectivity index (χ1n) is 9.01. The lowest BCUT2D eigenvalue weighted by atomic mass is 10.2. The molecule has 0 bridgehead atoms.